The average Bonchev–Trinajstić information content (AvgIpc) is 3.08. The predicted molar refractivity (Wildman–Crippen MR) is 176 cm³/mol. The van der Waals surface area contributed by atoms with E-state index in [1.807, 2.05) is 36.4 Å². The summed E-state index contributed by atoms with van der Waals surface area (Å²) >= 11 is 0. The van der Waals surface area contributed by atoms with E-state index in [0.29, 0.717) is 18.1 Å². The Morgan fingerprint density at radius 3 is 1.57 bits per heavy atom. The number of hydrogen-bond donors (Lipinski definition) is 0. The van der Waals surface area contributed by atoms with Crippen molar-refractivity contribution in [2.24, 2.45) is 0 Å². The minimum absolute atomic E-state index is 0.0550. The van der Waals surface area contributed by atoms with Gasteiger partial charge in [0.05, 0.1) is 51.4 Å². The lowest BCUT2D eigenvalue weighted by Crippen LogP contribution is -2.49. The van der Waals surface area contributed by atoms with E-state index in [1.165, 1.54) is 5.56 Å². The fourth-order valence-corrected chi connectivity index (χ4v) is 6.59. The molecule has 6 rings (SSSR count). The molecule has 0 amide bonds. The normalized spacial score (nSPS) is 16.3. The Kier molecular flexibility index (Phi) is 10.8. The first-order valence-corrected chi connectivity index (χ1v) is 15.4. The van der Waals surface area contributed by atoms with Gasteiger partial charge in [0.15, 0.2) is 6.04 Å². The third-order valence-electron chi connectivity index (χ3n) is 8.45. The molecule has 1 heterocycles. The van der Waals surface area contributed by atoms with E-state index in [1.54, 1.807) is 28.4 Å². The Balaban J connectivity index is 0.000000807. The van der Waals surface area contributed by atoms with Crippen LogP contribution in [0.2, 0.25) is 0 Å². The molecular weight excluding hydrogens is 613 g/mol. The summed E-state index contributed by atoms with van der Waals surface area (Å²) in [5.74, 6) is 2.98. The van der Waals surface area contributed by atoms with Crippen molar-refractivity contribution in [2.75, 3.05) is 28.4 Å². The molecule has 0 spiro atoms. The van der Waals surface area contributed by atoms with Gasteiger partial charge in [0.25, 0.3) is 0 Å². The van der Waals surface area contributed by atoms with Crippen LogP contribution in [0.15, 0.2) is 84.9 Å². The number of hydrogen-bond acceptors (Lipinski definition) is 5. The van der Waals surface area contributed by atoms with Crippen LogP contribution in [0, 0.1) is 0 Å². The van der Waals surface area contributed by atoms with Gasteiger partial charge in [0.2, 0.25) is 11.0 Å². The highest BCUT2D eigenvalue weighted by atomic mass is 19.5. The Morgan fingerprint density at radius 1 is 0.596 bits per heavy atom. The molecule has 0 N–H and O–H groups in total. The maximum Gasteiger partial charge on any atom is 0.673 e. The van der Waals surface area contributed by atoms with E-state index in [9.17, 15) is 17.3 Å². The lowest BCUT2D eigenvalue weighted by atomic mass is 9.88. The Morgan fingerprint density at radius 2 is 1.06 bits per heavy atom. The maximum absolute atomic E-state index is 9.75. The fraction of sp³-hybridized carbons (Fsp3) is 0.306. The Bertz CT molecular complexity index is 1730. The van der Waals surface area contributed by atoms with Crippen LogP contribution in [-0.4, -0.2) is 41.8 Å². The number of rotatable bonds is 9. The van der Waals surface area contributed by atoms with Crippen molar-refractivity contribution in [3.8, 4) is 34.1 Å². The predicted octanol–water partition coefficient (Wildman–Crippen LogP) is 8.98. The number of benzene rings is 4. The topological polar surface area (TPSA) is 50.0 Å². The van der Waals surface area contributed by atoms with Crippen LogP contribution in [0.1, 0.15) is 37.3 Å². The molecule has 0 radical (unpaired) electrons. The molecule has 0 bridgehead atoms. The van der Waals surface area contributed by atoms with Crippen molar-refractivity contribution in [1.29, 1.82) is 0 Å². The second kappa shape index (κ2) is 14.9. The minimum Gasteiger partial charge on any atom is -0.496 e. The quantitative estimate of drug-likeness (QED) is 0.0690. The van der Waals surface area contributed by atoms with Gasteiger partial charge in [-0.05, 0) is 42.7 Å². The lowest BCUT2D eigenvalue weighted by Gasteiger charge is -2.30. The standard InChI is InChI=1S/C36H38NO5.BF4/c1-38-29-19-10-16-26-33(29)36(35-31(40-3)21-12-22-32(35)41-4)34-27(17-11-20-30(34)39-2)37(26)25-15-8-9-18-28(25)42-23-24-13-6-5-7-14-24;2-1(3,4)5/h5-7,10-14,16-17,19-22,25,28H,8-9,15,18,23H2,1-4H3;/q+1;-1/t25-,28-;/m0./s1. The summed E-state index contributed by atoms with van der Waals surface area (Å²) in [6.07, 6.45) is 4.36. The van der Waals surface area contributed by atoms with Gasteiger partial charge in [-0.3, -0.25) is 0 Å². The van der Waals surface area contributed by atoms with E-state index in [-0.39, 0.29) is 12.1 Å². The molecule has 0 unspecified atom stereocenters. The zero-order valence-electron chi connectivity index (χ0n) is 26.9. The van der Waals surface area contributed by atoms with E-state index in [2.05, 4.69) is 53.1 Å². The first-order valence-electron chi connectivity index (χ1n) is 15.4. The minimum atomic E-state index is -6.00. The zero-order valence-corrected chi connectivity index (χ0v) is 26.9. The molecule has 0 aliphatic heterocycles. The van der Waals surface area contributed by atoms with E-state index >= 15 is 0 Å². The highest BCUT2D eigenvalue weighted by molar-refractivity contribution is 6.50. The summed E-state index contributed by atoms with van der Waals surface area (Å²) in [5.41, 5.74) is 5.14. The number of halogens is 4. The summed E-state index contributed by atoms with van der Waals surface area (Å²) in [6.45, 7) is 0.585. The summed E-state index contributed by atoms with van der Waals surface area (Å²) in [6, 6.07) is 29.0. The number of pyridine rings is 1. The summed E-state index contributed by atoms with van der Waals surface area (Å²) < 4.78 is 72.2. The molecule has 248 valence electrons. The zero-order chi connectivity index (χ0) is 33.6. The van der Waals surface area contributed by atoms with Gasteiger partial charge in [-0.2, -0.15) is 4.57 Å². The second-order valence-corrected chi connectivity index (χ2v) is 11.2. The largest absolute Gasteiger partial charge is 0.673 e. The van der Waals surface area contributed by atoms with Crippen molar-refractivity contribution < 1.29 is 45.5 Å². The van der Waals surface area contributed by atoms with Gasteiger partial charge in [0.1, 0.15) is 29.1 Å². The van der Waals surface area contributed by atoms with E-state index in [0.717, 1.165) is 70.1 Å². The van der Waals surface area contributed by atoms with Crippen molar-refractivity contribution in [2.45, 2.75) is 44.4 Å². The van der Waals surface area contributed by atoms with Gasteiger partial charge in [-0.1, -0.05) is 55.0 Å². The molecule has 6 nitrogen and oxygen atoms in total. The molecule has 1 saturated carbocycles. The van der Waals surface area contributed by atoms with Crippen molar-refractivity contribution in [1.82, 2.24) is 0 Å². The van der Waals surface area contributed by atoms with Crippen molar-refractivity contribution in [3.63, 3.8) is 0 Å². The first-order chi connectivity index (χ1) is 22.7. The Hall–Kier alpha value is -4.51. The maximum atomic E-state index is 9.75. The molecule has 1 fully saturated rings. The van der Waals surface area contributed by atoms with Crippen LogP contribution < -0.4 is 23.5 Å². The third-order valence-corrected chi connectivity index (χ3v) is 8.45. The molecule has 11 heteroatoms. The second-order valence-electron chi connectivity index (χ2n) is 11.2. The number of fused-ring (bicyclic) bond motifs is 2. The monoisotopic (exact) mass is 651 g/mol. The lowest BCUT2D eigenvalue weighted by molar-refractivity contribution is -0.685. The average molecular weight is 652 g/mol. The summed E-state index contributed by atoms with van der Waals surface area (Å²) in [5, 5.41) is 1.96. The van der Waals surface area contributed by atoms with Crippen LogP contribution >= 0.6 is 0 Å². The van der Waals surface area contributed by atoms with Crippen LogP contribution in [0.3, 0.4) is 0 Å². The van der Waals surface area contributed by atoms with Crippen LogP contribution in [0.5, 0.6) is 23.0 Å². The molecule has 1 aromatic heterocycles. The molecular formula is C36H38BF4NO5. The number of ether oxygens (including phenoxy) is 5. The number of aromatic nitrogens is 1. The molecule has 1 aliphatic carbocycles. The van der Waals surface area contributed by atoms with Gasteiger partial charge in [-0.15, -0.1) is 0 Å². The summed E-state index contributed by atoms with van der Waals surface area (Å²) in [4.78, 5) is 0. The van der Waals surface area contributed by atoms with Gasteiger partial charge in [-0.25, -0.2) is 0 Å². The molecule has 4 aromatic carbocycles. The van der Waals surface area contributed by atoms with Crippen molar-refractivity contribution in [3.05, 3.63) is 90.5 Å². The van der Waals surface area contributed by atoms with Gasteiger partial charge < -0.3 is 40.9 Å². The number of nitrogens with zero attached hydrogens (tertiary/aromatic N) is 1. The summed E-state index contributed by atoms with van der Waals surface area (Å²) in [7, 11) is 0.830. The highest BCUT2D eigenvalue weighted by Crippen LogP contribution is 2.49. The van der Waals surface area contributed by atoms with E-state index < -0.39 is 7.25 Å². The van der Waals surface area contributed by atoms with Gasteiger partial charge in [0, 0.05) is 24.1 Å². The third kappa shape index (κ3) is 7.40. The SMILES string of the molecule is COc1cccc(OC)c1-c1c2c(OC)cccc2[n+]([C@H]2CCCC[C@@H]2OCc2ccccc2)c2cccc(OC)c12.F[B-](F)(F)F. The molecule has 0 saturated heterocycles. The molecule has 1 aliphatic rings. The molecule has 2 atom stereocenters. The van der Waals surface area contributed by atoms with Crippen LogP contribution in [0.25, 0.3) is 32.9 Å². The Labute approximate surface area is 271 Å². The van der Waals surface area contributed by atoms with Crippen LogP contribution in [-0.2, 0) is 11.3 Å². The molecule has 5 aromatic rings. The highest BCUT2D eigenvalue weighted by Gasteiger charge is 2.39. The molecule has 47 heavy (non-hydrogen) atoms. The van der Waals surface area contributed by atoms with E-state index in [4.69, 9.17) is 23.7 Å². The number of methoxy groups -OCH3 is 4. The smallest absolute Gasteiger partial charge is 0.496 e. The first kappa shape index (κ1) is 33.8. The van der Waals surface area contributed by atoms with Crippen molar-refractivity contribution >= 4 is 29.1 Å². The van der Waals surface area contributed by atoms with Gasteiger partial charge >= 0.3 is 7.25 Å². The fourth-order valence-electron chi connectivity index (χ4n) is 6.59. The van der Waals surface area contributed by atoms with Crippen LogP contribution in [0.4, 0.5) is 17.3 Å².